The van der Waals surface area contributed by atoms with Crippen molar-refractivity contribution in [2.75, 3.05) is 13.6 Å². The first-order valence-electron chi connectivity index (χ1n) is 5.08. The summed E-state index contributed by atoms with van der Waals surface area (Å²) in [6.07, 6.45) is 1.75. The van der Waals surface area contributed by atoms with E-state index in [2.05, 4.69) is 6.58 Å². The lowest BCUT2D eigenvalue weighted by Gasteiger charge is -2.31. The Morgan fingerprint density at radius 3 is 2.41 bits per heavy atom. The molecule has 0 aliphatic heterocycles. The Morgan fingerprint density at radius 1 is 1.59 bits per heavy atom. The van der Waals surface area contributed by atoms with Crippen LogP contribution in [-0.4, -0.2) is 51.2 Å². The summed E-state index contributed by atoms with van der Waals surface area (Å²) in [6.45, 7) is 3.64. The second-order valence-electron chi connectivity index (χ2n) is 3.69. The van der Waals surface area contributed by atoms with Gasteiger partial charge in [-0.05, 0) is 26.4 Å². The Hall–Kier alpha value is -0.720. The van der Waals surface area contributed by atoms with Crippen LogP contribution in [-0.2, 0) is 9.36 Å². The first-order valence-corrected chi connectivity index (χ1v) is 6.76. The van der Waals surface area contributed by atoms with Gasteiger partial charge in [0.15, 0.2) is 0 Å². The maximum atomic E-state index is 11.2. The number of nitrogens with zero attached hydrogens (tertiary/aromatic N) is 1. The van der Waals surface area contributed by atoms with E-state index in [0.717, 1.165) is 11.0 Å². The molecule has 7 nitrogen and oxygen atoms in total. The van der Waals surface area contributed by atoms with Crippen LogP contribution in [0.4, 0.5) is 0 Å². The highest BCUT2D eigenvalue weighted by Gasteiger charge is 2.36. The minimum atomic E-state index is -4.44. The van der Waals surface area contributed by atoms with Crippen molar-refractivity contribution in [3.63, 3.8) is 0 Å². The quantitative estimate of drug-likeness (QED) is 0.354. The van der Waals surface area contributed by atoms with Crippen LogP contribution < -0.4 is 5.73 Å². The molecule has 2 atom stereocenters. The Labute approximate surface area is 100 Å². The zero-order valence-corrected chi connectivity index (χ0v) is 10.6. The molecule has 0 saturated carbocycles. The number of aliphatic carboxylic acids is 1. The molecular weight excluding hydrogens is 247 g/mol. The number of carboxylic acids is 1. The van der Waals surface area contributed by atoms with Gasteiger partial charge in [0.2, 0.25) is 0 Å². The molecule has 0 saturated heterocycles. The van der Waals surface area contributed by atoms with E-state index in [-0.39, 0.29) is 6.42 Å². The molecule has 0 rings (SSSR count). The van der Waals surface area contributed by atoms with Crippen molar-refractivity contribution in [2.24, 2.45) is 5.73 Å². The number of carboxylic acid groups (broad SMARTS) is 1. The topological polar surface area (TPSA) is 124 Å². The largest absolute Gasteiger partial charge is 0.480 e. The summed E-state index contributed by atoms with van der Waals surface area (Å²) in [5.74, 6) is -2.44. The lowest BCUT2D eigenvalue weighted by molar-refractivity contribution is -0.143. The fourth-order valence-corrected chi connectivity index (χ4v) is 2.45. The van der Waals surface area contributed by atoms with E-state index in [1.165, 1.54) is 7.05 Å². The molecule has 0 fully saturated rings. The molecule has 17 heavy (non-hydrogen) atoms. The van der Waals surface area contributed by atoms with Crippen molar-refractivity contribution in [3.05, 3.63) is 12.7 Å². The highest BCUT2D eigenvalue weighted by atomic mass is 31.2. The lowest BCUT2D eigenvalue weighted by Crippen LogP contribution is -2.44. The van der Waals surface area contributed by atoms with Gasteiger partial charge in [-0.1, -0.05) is 6.08 Å². The van der Waals surface area contributed by atoms with Gasteiger partial charge in [0.1, 0.15) is 11.8 Å². The van der Waals surface area contributed by atoms with Crippen LogP contribution in [0.3, 0.4) is 0 Å². The fourth-order valence-electron chi connectivity index (χ4n) is 1.54. The SMILES string of the molecule is C=CC(N(C)C(CCCN)C(=O)O)P(=O)(O)O. The van der Waals surface area contributed by atoms with Gasteiger partial charge in [-0.3, -0.25) is 14.3 Å². The van der Waals surface area contributed by atoms with Crippen LogP contribution in [0.25, 0.3) is 0 Å². The third kappa shape index (κ3) is 4.97. The second-order valence-corrected chi connectivity index (χ2v) is 5.40. The highest BCUT2D eigenvalue weighted by Crippen LogP contribution is 2.43. The third-order valence-electron chi connectivity index (χ3n) is 2.43. The van der Waals surface area contributed by atoms with Gasteiger partial charge in [0.25, 0.3) is 0 Å². The summed E-state index contributed by atoms with van der Waals surface area (Å²) in [7, 11) is -3.10. The summed E-state index contributed by atoms with van der Waals surface area (Å²) in [6, 6.07) is -0.992. The molecular formula is C9H19N2O5P. The Morgan fingerprint density at radius 2 is 2.12 bits per heavy atom. The molecule has 5 N–H and O–H groups in total. The van der Waals surface area contributed by atoms with Gasteiger partial charge in [-0.2, -0.15) is 0 Å². The molecule has 0 aromatic carbocycles. The van der Waals surface area contributed by atoms with Crippen molar-refractivity contribution in [2.45, 2.75) is 24.7 Å². The summed E-state index contributed by atoms with van der Waals surface area (Å²) >= 11 is 0. The average Bonchev–Trinajstić information content (AvgIpc) is 2.16. The molecule has 0 heterocycles. The number of likely N-dealkylation sites (N-methyl/N-ethyl adjacent to an activating group) is 1. The van der Waals surface area contributed by atoms with E-state index in [1.54, 1.807) is 0 Å². The van der Waals surface area contributed by atoms with Crippen LogP contribution in [0.1, 0.15) is 12.8 Å². The molecule has 100 valence electrons. The number of nitrogens with two attached hydrogens (primary N) is 1. The molecule has 0 spiro atoms. The summed E-state index contributed by atoms with van der Waals surface area (Å²) < 4.78 is 11.2. The number of hydrogen-bond acceptors (Lipinski definition) is 4. The monoisotopic (exact) mass is 266 g/mol. The maximum Gasteiger partial charge on any atom is 0.346 e. The number of carbonyl (C=O) groups is 1. The third-order valence-corrected chi connectivity index (χ3v) is 3.70. The summed E-state index contributed by atoms with van der Waals surface area (Å²) in [5.41, 5.74) is 5.29. The van der Waals surface area contributed by atoms with Gasteiger partial charge in [-0.15, -0.1) is 6.58 Å². The zero-order chi connectivity index (χ0) is 13.6. The Kier molecular flexibility index (Phi) is 6.59. The van der Waals surface area contributed by atoms with Crippen LogP contribution >= 0.6 is 7.60 Å². The normalized spacial score (nSPS) is 15.6. The molecule has 0 radical (unpaired) electrons. The standard InChI is InChI=1S/C9H19N2O5P/c1-3-8(17(14,15)16)11(2)7(9(12)13)5-4-6-10/h3,7-8H,1,4-6,10H2,2H3,(H,12,13)(H2,14,15,16). The van der Waals surface area contributed by atoms with Crippen LogP contribution in [0, 0.1) is 0 Å². The lowest BCUT2D eigenvalue weighted by atomic mass is 10.1. The van der Waals surface area contributed by atoms with Gasteiger partial charge in [-0.25, -0.2) is 0 Å². The van der Waals surface area contributed by atoms with Crippen molar-refractivity contribution in [3.8, 4) is 0 Å². The highest BCUT2D eigenvalue weighted by molar-refractivity contribution is 7.52. The van der Waals surface area contributed by atoms with Gasteiger partial charge in [0.05, 0.1) is 0 Å². The average molecular weight is 266 g/mol. The van der Waals surface area contributed by atoms with Crippen LogP contribution in [0.5, 0.6) is 0 Å². The van der Waals surface area contributed by atoms with E-state index < -0.39 is 25.4 Å². The molecule has 2 unspecified atom stereocenters. The van der Waals surface area contributed by atoms with Crippen molar-refractivity contribution in [1.82, 2.24) is 4.90 Å². The second kappa shape index (κ2) is 6.88. The number of rotatable bonds is 8. The molecule has 0 aliphatic rings. The predicted octanol–water partition coefficient (Wildman–Crippen LogP) is -0.200. The molecule has 0 aromatic heterocycles. The summed E-state index contributed by atoms with van der Waals surface area (Å²) in [5, 5.41) is 9.01. The predicted molar refractivity (Wildman–Crippen MR) is 63.5 cm³/mol. The van der Waals surface area contributed by atoms with E-state index in [9.17, 15) is 9.36 Å². The fraction of sp³-hybridized carbons (Fsp3) is 0.667. The molecule has 0 amide bonds. The summed E-state index contributed by atoms with van der Waals surface area (Å²) in [4.78, 5) is 30.3. The zero-order valence-electron chi connectivity index (χ0n) is 9.69. The van der Waals surface area contributed by atoms with Gasteiger partial charge < -0.3 is 20.6 Å². The maximum absolute atomic E-state index is 11.2. The molecule has 0 aromatic rings. The van der Waals surface area contributed by atoms with Crippen LogP contribution in [0.2, 0.25) is 0 Å². The van der Waals surface area contributed by atoms with Gasteiger partial charge in [0, 0.05) is 0 Å². The molecule has 0 bridgehead atoms. The van der Waals surface area contributed by atoms with Crippen molar-refractivity contribution in [1.29, 1.82) is 0 Å². The Balaban J connectivity index is 4.92. The van der Waals surface area contributed by atoms with E-state index in [0.29, 0.717) is 13.0 Å². The van der Waals surface area contributed by atoms with E-state index in [1.807, 2.05) is 0 Å². The first kappa shape index (κ1) is 16.3. The van der Waals surface area contributed by atoms with E-state index in [4.69, 9.17) is 20.6 Å². The number of hydrogen-bond donors (Lipinski definition) is 4. The minimum absolute atomic E-state index is 0.229. The Bertz CT molecular complexity index is 317. The first-order chi connectivity index (χ1) is 7.75. The van der Waals surface area contributed by atoms with Crippen molar-refractivity contribution >= 4 is 13.6 Å². The van der Waals surface area contributed by atoms with Crippen molar-refractivity contribution < 1.29 is 24.3 Å². The minimum Gasteiger partial charge on any atom is -0.480 e. The van der Waals surface area contributed by atoms with E-state index >= 15 is 0 Å². The molecule has 0 aliphatic carbocycles. The molecule has 8 heteroatoms. The van der Waals surface area contributed by atoms with Gasteiger partial charge >= 0.3 is 13.6 Å². The smallest absolute Gasteiger partial charge is 0.346 e. The van der Waals surface area contributed by atoms with Crippen LogP contribution in [0.15, 0.2) is 12.7 Å².